The van der Waals surface area contributed by atoms with Crippen molar-refractivity contribution in [3.63, 3.8) is 0 Å². The maximum absolute atomic E-state index is 13.1. The van der Waals surface area contributed by atoms with Crippen LogP contribution in [-0.2, 0) is 10.0 Å². The molecule has 2 aromatic carbocycles. The Bertz CT molecular complexity index is 1080. The van der Waals surface area contributed by atoms with Gasteiger partial charge in [0, 0.05) is 11.6 Å². The van der Waals surface area contributed by atoms with E-state index < -0.39 is 14.9 Å². The molecular formula is C16H15N3O4S. The van der Waals surface area contributed by atoms with Gasteiger partial charge in [-0.15, -0.1) is 0 Å². The van der Waals surface area contributed by atoms with E-state index in [1.165, 1.54) is 6.07 Å². The molecule has 0 saturated carbocycles. The maximum Gasteiger partial charge on any atom is 0.273 e. The molecule has 0 fully saturated rings. The third-order valence-corrected chi connectivity index (χ3v) is 5.80. The van der Waals surface area contributed by atoms with Gasteiger partial charge in [0.1, 0.15) is 5.82 Å². The number of imidazole rings is 1. The first-order valence-electron chi connectivity index (χ1n) is 7.19. The van der Waals surface area contributed by atoms with Crippen LogP contribution in [0.4, 0.5) is 5.69 Å². The van der Waals surface area contributed by atoms with Crippen molar-refractivity contribution in [2.45, 2.75) is 25.7 Å². The standard InChI is InChI=1S/C16H15N3O4S/c1-10-8-13(9-16(11(10)2)19(20)21)24(22,23)18-12(3)17-14-6-4-5-7-15(14)18/h4-9H,1-3H3. The number of hydrogen-bond acceptors (Lipinski definition) is 5. The van der Waals surface area contributed by atoms with Gasteiger partial charge < -0.3 is 0 Å². The van der Waals surface area contributed by atoms with E-state index >= 15 is 0 Å². The molecule has 124 valence electrons. The van der Waals surface area contributed by atoms with Crippen molar-refractivity contribution in [1.82, 2.24) is 8.96 Å². The Morgan fingerprint density at radius 3 is 2.46 bits per heavy atom. The summed E-state index contributed by atoms with van der Waals surface area (Å²) >= 11 is 0. The average Bonchev–Trinajstić information content (AvgIpc) is 2.85. The Hall–Kier alpha value is -2.74. The molecule has 0 spiro atoms. The minimum atomic E-state index is -4.00. The van der Waals surface area contributed by atoms with Crippen LogP contribution in [0.25, 0.3) is 11.0 Å². The molecule has 0 aliphatic carbocycles. The molecule has 7 nitrogen and oxygen atoms in total. The number of benzene rings is 2. The molecule has 0 N–H and O–H groups in total. The van der Waals surface area contributed by atoms with Crippen LogP contribution in [0.2, 0.25) is 0 Å². The van der Waals surface area contributed by atoms with Gasteiger partial charge in [0.2, 0.25) is 0 Å². The zero-order valence-corrected chi connectivity index (χ0v) is 14.2. The smallest absolute Gasteiger partial charge is 0.258 e. The van der Waals surface area contributed by atoms with Gasteiger partial charge in [0.25, 0.3) is 15.7 Å². The lowest BCUT2D eigenvalue weighted by Gasteiger charge is -2.11. The fourth-order valence-corrected chi connectivity index (χ4v) is 4.28. The molecule has 24 heavy (non-hydrogen) atoms. The molecule has 3 rings (SSSR count). The molecule has 1 aromatic heterocycles. The van der Waals surface area contributed by atoms with Crippen molar-refractivity contribution in [1.29, 1.82) is 0 Å². The largest absolute Gasteiger partial charge is 0.273 e. The van der Waals surface area contributed by atoms with Crippen LogP contribution < -0.4 is 0 Å². The van der Waals surface area contributed by atoms with Crippen LogP contribution in [0, 0.1) is 30.9 Å². The normalized spacial score (nSPS) is 11.8. The van der Waals surface area contributed by atoms with Gasteiger partial charge in [-0.1, -0.05) is 12.1 Å². The van der Waals surface area contributed by atoms with Gasteiger partial charge in [0.15, 0.2) is 0 Å². The first-order valence-corrected chi connectivity index (χ1v) is 8.63. The fourth-order valence-electron chi connectivity index (χ4n) is 2.68. The lowest BCUT2D eigenvalue weighted by atomic mass is 10.1. The van der Waals surface area contributed by atoms with Crippen molar-refractivity contribution < 1.29 is 13.3 Å². The molecule has 1 heterocycles. The number of para-hydroxylation sites is 2. The molecule has 3 aromatic rings. The molecule has 0 unspecified atom stereocenters. The summed E-state index contributed by atoms with van der Waals surface area (Å²) in [5.74, 6) is 0.303. The Kier molecular flexibility index (Phi) is 3.64. The molecule has 0 aliphatic rings. The minimum absolute atomic E-state index is 0.122. The molecule has 0 amide bonds. The van der Waals surface area contributed by atoms with Crippen molar-refractivity contribution in [2.75, 3.05) is 0 Å². The summed E-state index contributed by atoms with van der Waals surface area (Å²) in [6.45, 7) is 4.84. The number of rotatable bonds is 3. The zero-order valence-electron chi connectivity index (χ0n) is 13.3. The molecule has 8 heteroatoms. The summed E-state index contributed by atoms with van der Waals surface area (Å²) in [5.41, 5.74) is 1.78. The van der Waals surface area contributed by atoms with E-state index in [1.807, 2.05) is 0 Å². The molecule has 0 aliphatic heterocycles. The summed E-state index contributed by atoms with van der Waals surface area (Å²) in [4.78, 5) is 14.8. The van der Waals surface area contributed by atoms with Crippen LogP contribution in [0.1, 0.15) is 17.0 Å². The van der Waals surface area contributed by atoms with Gasteiger partial charge >= 0.3 is 0 Å². The van der Waals surface area contributed by atoms with Crippen molar-refractivity contribution in [2.24, 2.45) is 0 Å². The van der Waals surface area contributed by atoms with E-state index in [9.17, 15) is 18.5 Å². The summed E-state index contributed by atoms with van der Waals surface area (Å²) in [6.07, 6.45) is 0. The lowest BCUT2D eigenvalue weighted by Crippen LogP contribution is -2.15. The number of nitro benzene ring substituents is 1. The van der Waals surface area contributed by atoms with E-state index in [0.29, 0.717) is 28.0 Å². The highest BCUT2D eigenvalue weighted by atomic mass is 32.2. The van der Waals surface area contributed by atoms with E-state index in [-0.39, 0.29) is 10.6 Å². The van der Waals surface area contributed by atoms with Gasteiger partial charge in [-0.3, -0.25) is 10.1 Å². The highest BCUT2D eigenvalue weighted by Crippen LogP contribution is 2.29. The Balaban J connectivity index is 2.32. The number of nitrogens with zero attached hydrogens (tertiary/aromatic N) is 3. The highest BCUT2D eigenvalue weighted by molar-refractivity contribution is 7.90. The topological polar surface area (TPSA) is 95.1 Å². The van der Waals surface area contributed by atoms with Crippen LogP contribution >= 0.6 is 0 Å². The molecule has 0 bridgehead atoms. The summed E-state index contributed by atoms with van der Waals surface area (Å²) in [5, 5.41) is 11.2. The first-order chi connectivity index (χ1) is 11.2. The van der Waals surface area contributed by atoms with E-state index in [2.05, 4.69) is 4.98 Å². The van der Waals surface area contributed by atoms with Crippen molar-refractivity contribution >= 4 is 26.7 Å². The molecule has 0 atom stereocenters. The zero-order chi connectivity index (χ0) is 17.6. The predicted octanol–water partition coefficient (Wildman–Crippen LogP) is 3.11. The molecule has 0 saturated heterocycles. The van der Waals surface area contributed by atoms with Gasteiger partial charge in [0.05, 0.1) is 20.9 Å². The van der Waals surface area contributed by atoms with Gasteiger partial charge in [-0.05, 0) is 44.5 Å². The number of aromatic nitrogens is 2. The van der Waals surface area contributed by atoms with E-state index in [1.54, 1.807) is 45.0 Å². The second kappa shape index (κ2) is 5.41. The summed E-state index contributed by atoms with van der Waals surface area (Å²) < 4.78 is 27.3. The average molecular weight is 345 g/mol. The van der Waals surface area contributed by atoms with Crippen LogP contribution in [-0.4, -0.2) is 22.3 Å². The van der Waals surface area contributed by atoms with E-state index in [0.717, 1.165) is 10.0 Å². The Morgan fingerprint density at radius 1 is 1.12 bits per heavy atom. The van der Waals surface area contributed by atoms with Gasteiger partial charge in [-0.25, -0.2) is 17.4 Å². The van der Waals surface area contributed by atoms with Crippen molar-refractivity contribution in [3.8, 4) is 0 Å². The predicted molar refractivity (Wildman–Crippen MR) is 89.6 cm³/mol. The Morgan fingerprint density at radius 2 is 1.79 bits per heavy atom. The van der Waals surface area contributed by atoms with Gasteiger partial charge in [-0.2, -0.15) is 0 Å². The maximum atomic E-state index is 13.1. The lowest BCUT2D eigenvalue weighted by molar-refractivity contribution is -0.385. The molecule has 0 radical (unpaired) electrons. The number of nitro groups is 1. The molecular weight excluding hydrogens is 330 g/mol. The highest BCUT2D eigenvalue weighted by Gasteiger charge is 2.26. The number of aryl methyl sites for hydroxylation is 2. The summed E-state index contributed by atoms with van der Waals surface area (Å²) in [6, 6.07) is 9.42. The monoisotopic (exact) mass is 345 g/mol. The number of fused-ring (bicyclic) bond motifs is 1. The van der Waals surface area contributed by atoms with Crippen LogP contribution in [0.5, 0.6) is 0 Å². The third-order valence-electron chi connectivity index (χ3n) is 4.03. The summed E-state index contributed by atoms with van der Waals surface area (Å²) in [7, 11) is -4.00. The Labute approximate surface area is 138 Å². The van der Waals surface area contributed by atoms with Crippen LogP contribution in [0.15, 0.2) is 41.3 Å². The third kappa shape index (κ3) is 2.35. The van der Waals surface area contributed by atoms with Crippen molar-refractivity contribution in [3.05, 3.63) is 63.5 Å². The van der Waals surface area contributed by atoms with E-state index in [4.69, 9.17) is 0 Å². The minimum Gasteiger partial charge on any atom is -0.258 e. The number of hydrogen-bond donors (Lipinski definition) is 0. The second-order valence-corrected chi connectivity index (χ2v) is 7.35. The quantitative estimate of drug-likeness (QED) is 0.537. The fraction of sp³-hybridized carbons (Fsp3) is 0.188. The SMILES string of the molecule is Cc1cc(S(=O)(=O)n2c(C)nc3ccccc32)cc([N+](=O)[O-])c1C. The second-order valence-electron chi connectivity index (χ2n) is 5.56. The van der Waals surface area contributed by atoms with Crippen LogP contribution in [0.3, 0.4) is 0 Å². The first kappa shape index (κ1) is 16.1.